The molecule has 0 aliphatic heterocycles. The third-order valence-corrected chi connectivity index (χ3v) is 6.34. The molecular weight excluding hydrogens is 302 g/mol. The van der Waals surface area contributed by atoms with Crippen molar-refractivity contribution in [1.82, 2.24) is 0 Å². The number of hydrogen-bond acceptors (Lipinski definition) is 3. The molecular formula is C20H25NOS. The van der Waals surface area contributed by atoms with Gasteiger partial charge in [-0.2, -0.15) is 11.8 Å². The number of thioether (sulfide) groups is 1. The van der Waals surface area contributed by atoms with Crippen molar-refractivity contribution in [3.63, 3.8) is 0 Å². The minimum Gasteiger partial charge on any atom is -0.508 e. The Bertz CT molecular complexity index is 669. The van der Waals surface area contributed by atoms with Crippen LogP contribution in [0.1, 0.15) is 30.5 Å². The van der Waals surface area contributed by atoms with Crippen LogP contribution in [-0.2, 0) is 18.3 Å². The number of phenols is 1. The summed E-state index contributed by atoms with van der Waals surface area (Å²) in [6.07, 6.45) is 2.07. The maximum atomic E-state index is 9.79. The van der Waals surface area contributed by atoms with E-state index in [9.17, 15) is 5.11 Å². The third kappa shape index (κ3) is 3.41. The van der Waals surface area contributed by atoms with Crippen molar-refractivity contribution < 1.29 is 5.11 Å². The van der Waals surface area contributed by atoms with Crippen molar-refractivity contribution >= 4 is 11.8 Å². The Morgan fingerprint density at radius 3 is 2.65 bits per heavy atom. The highest BCUT2D eigenvalue weighted by Crippen LogP contribution is 2.41. The molecule has 2 nitrogen and oxygen atoms in total. The van der Waals surface area contributed by atoms with E-state index >= 15 is 0 Å². The molecule has 3 N–H and O–H groups in total. The van der Waals surface area contributed by atoms with E-state index in [0.717, 1.165) is 18.6 Å². The number of rotatable bonds is 4. The van der Waals surface area contributed by atoms with Gasteiger partial charge in [0, 0.05) is 16.7 Å². The molecule has 2 atom stereocenters. The maximum Gasteiger partial charge on any atom is 0.115 e. The van der Waals surface area contributed by atoms with Gasteiger partial charge in [0.05, 0.1) is 0 Å². The topological polar surface area (TPSA) is 46.2 Å². The molecule has 2 aromatic rings. The number of benzene rings is 2. The first kappa shape index (κ1) is 16.4. The Kier molecular flexibility index (Phi) is 4.69. The normalized spacial score (nSPS) is 22.6. The largest absolute Gasteiger partial charge is 0.508 e. The molecule has 1 aliphatic carbocycles. The van der Waals surface area contributed by atoms with Gasteiger partial charge in [-0.3, -0.25) is 0 Å². The molecule has 0 saturated heterocycles. The average Bonchev–Trinajstić information content (AvgIpc) is 2.54. The second-order valence-electron chi connectivity index (χ2n) is 6.94. The van der Waals surface area contributed by atoms with E-state index in [1.165, 1.54) is 16.7 Å². The van der Waals surface area contributed by atoms with E-state index in [1.54, 1.807) is 6.07 Å². The van der Waals surface area contributed by atoms with Crippen LogP contribution in [0.5, 0.6) is 5.75 Å². The fourth-order valence-electron chi connectivity index (χ4n) is 3.47. The molecule has 0 radical (unpaired) electrons. The lowest BCUT2D eigenvalue weighted by atomic mass is 9.69. The summed E-state index contributed by atoms with van der Waals surface area (Å²) in [5, 5.41) is 10.2. The molecule has 3 heteroatoms. The first-order valence-corrected chi connectivity index (χ1v) is 9.27. The smallest absolute Gasteiger partial charge is 0.115 e. The quantitative estimate of drug-likeness (QED) is 0.895. The minimum absolute atomic E-state index is 0.0950. The van der Waals surface area contributed by atoms with Crippen LogP contribution in [0.15, 0.2) is 48.5 Å². The Morgan fingerprint density at radius 2 is 1.91 bits per heavy atom. The number of phenolic OH excluding ortho intramolecular Hbond substituents is 1. The van der Waals surface area contributed by atoms with Crippen LogP contribution in [0.2, 0.25) is 0 Å². The van der Waals surface area contributed by atoms with E-state index in [1.807, 2.05) is 17.8 Å². The first-order chi connectivity index (χ1) is 11.0. The Morgan fingerprint density at radius 1 is 1.17 bits per heavy atom. The molecule has 0 unspecified atom stereocenters. The fourth-order valence-corrected chi connectivity index (χ4v) is 4.97. The van der Waals surface area contributed by atoms with Gasteiger partial charge in [0.2, 0.25) is 0 Å². The first-order valence-electron chi connectivity index (χ1n) is 8.22. The molecule has 0 amide bonds. The van der Waals surface area contributed by atoms with Gasteiger partial charge in [-0.05, 0) is 47.4 Å². The summed E-state index contributed by atoms with van der Waals surface area (Å²) in [6, 6.07) is 16.4. The molecule has 0 spiro atoms. The average molecular weight is 327 g/mol. The minimum atomic E-state index is -0.114. The monoisotopic (exact) mass is 327 g/mol. The Hall–Kier alpha value is -1.45. The highest BCUT2D eigenvalue weighted by atomic mass is 32.2. The highest BCUT2D eigenvalue weighted by Gasteiger charge is 2.40. The van der Waals surface area contributed by atoms with Gasteiger partial charge in [0.15, 0.2) is 0 Å². The lowest BCUT2D eigenvalue weighted by Crippen LogP contribution is -2.52. The summed E-state index contributed by atoms with van der Waals surface area (Å²) < 4.78 is 0. The Balaban J connectivity index is 1.71. The molecule has 3 rings (SSSR count). The lowest BCUT2D eigenvalue weighted by Gasteiger charge is -2.43. The molecule has 2 aromatic carbocycles. The van der Waals surface area contributed by atoms with E-state index in [4.69, 9.17) is 5.73 Å². The summed E-state index contributed by atoms with van der Waals surface area (Å²) >= 11 is 1.98. The standard InChI is InChI=1S/C20H25NOS/c1-20(2)17-13-16(22)9-8-15(17)12-18(19(20)21)23-11-10-14-6-4-3-5-7-14/h3-9,13,18-19,22H,10-12,21H2,1-2H3/t18-,19+/m1/s1. The second-order valence-corrected chi connectivity index (χ2v) is 8.28. The van der Waals surface area contributed by atoms with Gasteiger partial charge in [0.1, 0.15) is 5.75 Å². The van der Waals surface area contributed by atoms with Gasteiger partial charge in [-0.25, -0.2) is 0 Å². The molecule has 1 aliphatic rings. The molecule has 0 bridgehead atoms. The van der Waals surface area contributed by atoms with E-state index in [-0.39, 0.29) is 11.5 Å². The van der Waals surface area contributed by atoms with Crippen molar-refractivity contribution in [1.29, 1.82) is 0 Å². The lowest BCUT2D eigenvalue weighted by molar-refractivity contribution is 0.369. The summed E-state index contributed by atoms with van der Waals surface area (Å²) in [5.41, 5.74) is 10.4. The van der Waals surface area contributed by atoms with Crippen LogP contribution >= 0.6 is 11.8 Å². The fraction of sp³-hybridized carbons (Fsp3) is 0.400. The van der Waals surface area contributed by atoms with E-state index in [0.29, 0.717) is 11.0 Å². The predicted octanol–water partition coefficient (Wildman–Crippen LogP) is 3.90. The van der Waals surface area contributed by atoms with Crippen LogP contribution < -0.4 is 5.73 Å². The summed E-state index contributed by atoms with van der Waals surface area (Å²) in [5.74, 6) is 1.42. The van der Waals surface area contributed by atoms with Crippen LogP contribution in [0, 0.1) is 0 Å². The van der Waals surface area contributed by atoms with Crippen LogP contribution in [-0.4, -0.2) is 22.2 Å². The summed E-state index contributed by atoms with van der Waals surface area (Å²) in [7, 11) is 0. The molecule has 0 saturated carbocycles. The van der Waals surface area contributed by atoms with Crippen LogP contribution in [0.4, 0.5) is 0 Å². The van der Waals surface area contributed by atoms with Gasteiger partial charge in [-0.1, -0.05) is 50.2 Å². The van der Waals surface area contributed by atoms with Crippen molar-refractivity contribution in [3.8, 4) is 5.75 Å². The molecule has 122 valence electrons. The number of nitrogens with two attached hydrogens (primary N) is 1. The van der Waals surface area contributed by atoms with Gasteiger partial charge < -0.3 is 10.8 Å². The van der Waals surface area contributed by atoms with Gasteiger partial charge in [0.25, 0.3) is 0 Å². The number of aryl methyl sites for hydroxylation is 1. The summed E-state index contributed by atoms with van der Waals surface area (Å²) in [6.45, 7) is 4.39. The summed E-state index contributed by atoms with van der Waals surface area (Å²) in [4.78, 5) is 0. The van der Waals surface area contributed by atoms with Crippen molar-refractivity contribution in [3.05, 3.63) is 65.2 Å². The van der Waals surface area contributed by atoms with Crippen molar-refractivity contribution in [2.75, 3.05) is 5.75 Å². The zero-order valence-electron chi connectivity index (χ0n) is 13.8. The third-order valence-electron chi connectivity index (χ3n) is 5.01. The molecule has 0 fully saturated rings. The maximum absolute atomic E-state index is 9.79. The Labute approximate surface area is 143 Å². The molecule has 0 heterocycles. The number of aromatic hydroxyl groups is 1. The van der Waals surface area contributed by atoms with Crippen molar-refractivity contribution in [2.24, 2.45) is 5.73 Å². The SMILES string of the molecule is CC1(C)c2cc(O)ccc2C[C@@H](SCCc2ccccc2)[C@@H]1N. The number of fused-ring (bicyclic) bond motifs is 1. The van der Waals surface area contributed by atoms with E-state index in [2.05, 4.69) is 50.2 Å². The van der Waals surface area contributed by atoms with Gasteiger partial charge in [-0.15, -0.1) is 0 Å². The van der Waals surface area contributed by atoms with Crippen LogP contribution in [0.25, 0.3) is 0 Å². The zero-order valence-corrected chi connectivity index (χ0v) is 14.6. The van der Waals surface area contributed by atoms with Gasteiger partial charge >= 0.3 is 0 Å². The van der Waals surface area contributed by atoms with Crippen molar-refractivity contribution in [2.45, 2.75) is 43.4 Å². The van der Waals surface area contributed by atoms with Crippen LogP contribution in [0.3, 0.4) is 0 Å². The highest BCUT2D eigenvalue weighted by molar-refractivity contribution is 7.99. The predicted molar refractivity (Wildman–Crippen MR) is 99.2 cm³/mol. The number of hydrogen-bond donors (Lipinski definition) is 2. The zero-order chi connectivity index (χ0) is 16.4. The molecule has 0 aromatic heterocycles. The molecule has 23 heavy (non-hydrogen) atoms. The van der Waals surface area contributed by atoms with E-state index < -0.39 is 0 Å². The second kappa shape index (κ2) is 6.58.